The summed E-state index contributed by atoms with van der Waals surface area (Å²) >= 11 is 13.7. The van der Waals surface area contributed by atoms with Gasteiger partial charge in [0.25, 0.3) is 0 Å². The van der Waals surface area contributed by atoms with Crippen LogP contribution in [0.25, 0.3) is 0 Å². The second kappa shape index (κ2) is 6.42. The summed E-state index contributed by atoms with van der Waals surface area (Å²) in [4.78, 5) is 1.05. The zero-order chi connectivity index (χ0) is 13.8. The zero-order valence-electron chi connectivity index (χ0n) is 10.3. The molecule has 0 saturated heterocycles. The molecule has 0 atom stereocenters. The molecule has 0 aliphatic carbocycles. The Labute approximate surface area is 126 Å². The van der Waals surface area contributed by atoms with Gasteiger partial charge >= 0.3 is 0 Å². The molecule has 0 aliphatic heterocycles. The molecule has 2 nitrogen and oxygen atoms in total. The lowest BCUT2D eigenvalue weighted by Gasteiger charge is -2.10. The van der Waals surface area contributed by atoms with E-state index >= 15 is 0 Å². The highest BCUT2D eigenvalue weighted by Crippen LogP contribution is 2.34. The molecular formula is C14H13Cl2NOS. The van der Waals surface area contributed by atoms with Crippen molar-refractivity contribution in [1.82, 2.24) is 0 Å². The minimum Gasteiger partial charge on any atom is -0.496 e. The third-order valence-electron chi connectivity index (χ3n) is 2.65. The van der Waals surface area contributed by atoms with Crippen molar-refractivity contribution in [3.8, 4) is 5.75 Å². The summed E-state index contributed by atoms with van der Waals surface area (Å²) in [5.41, 5.74) is 7.34. The molecule has 0 heterocycles. The number of benzene rings is 2. The Morgan fingerprint density at radius 3 is 2.63 bits per heavy atom. The van der Waals surface area contributed by atoms with Crippen molar-refractivity contribution in [2.45, 2.75) is 10.6 Å². The summed E-state index contributed by atoms with van der Waals surface area (Å²) in [5, 5.41) is 1.27. The van der Waals surface area contributed by atoms with Crippen LogP contribution in [0.5, 0.6) is 5.75 Å². The number of rotatable bonds is 4. The van der Waals surface area contributed by atoms with E-state index in [1.54, 1.807) is 24.9 Å². The molecule has 0 amide bonds. The maximum absolute atomic E-state index is 6.19. The van der Waals surface area contributed by atoms with Crippen molar-refractivity contribution in [3.63, 3.8) is 0 Å². The lowest BCUT2D eigenvalue weighted by atomic mass is 10.2. The van der Waals surface area contributed by atoms with Gasteiger partial charge in [-0.3, -0.25) is 0 Å². The number of ether oxygens (including phenoxy) is 1. The fourth-order valence-electron chi connectivity index (χ4n) is 1.64. The molecule has 0 unspecified atom stereocenters. The van der Waals surface area contributed by atoms with Gasteiger partial charge in [0.1, 0.15) is 5.75 Å². The number of hydrogen-bond donors (Lipinski definition) is 1. The van der Waals surface area contributed by atoms with E-state index < -0.39 is 0 Å². The Morgan fingerprint density at radius 1 is 1.16 bits per heavy atom. The predicted molar refractivity (Wildman–Crippen MR) is 83.4 cm³/mol. The molecule has 5 heteroatoms. The lowest BCUT2D eigenvalue weighted by molar-refractivity contribution is 0.411. The molecule has 0 aliphatic rings. The Morgan fingerprint density at radius 2 is 1.95 bits per heavy atom. The van der Waals surface area contributed by atoms with E-state index in [1.165, 1.54) is 0 Å². The molecule has 0 spiro atoms. The molecule has 0 bridgehead atoms. The first-order valence-corrected chi connectivity index (χ1v) is 7.35. The number of halogens is 2. The van der Waals surface area contributed by atoms with Crippen LogP contribution in [0.3, 0.4) is 0 Å². The van der Waals surface area contributed by atoms with Gasteiger partial charge in [0, 0.05) is 21.2 Å². The van der Waals surface area contributed by atoms with Crippen molar-refractivity contribution in [2.75, 3.05) is 12.8 Å². The Kier molecular flexibility index (Phi) is 4.86. The van der Waals surface area contributed by atoms with Crippen molar-refractivity contribution < 1.29 is 4.74 Å². The van der Waals surface area contributed by atoms with Gasteiger partial charge in [-0.25, -0.2) is 0 Å². The fraction of sp³-hybridized carbons (Fsp3) is 0.143. The van der Waals surface area contributed by atoms with E-state index in [1.807, 2.05) is 30.3 Å². The van der Waals surface area contributed by atoms with E-state index in [0.29, 0.717) is 21.5 Å². The monoisotopic (exact) mass is 313 g/mol. The van der Waals surface area contributed by atoms with Crippen LogP contribution in [0, 0.1) is 0 Å². The van der Waals surface area contributed by atoms with Gasteiger partial charge in [-0.2, -0.15) is 0 Å². The van der Waals surface area contributed by atoms with Crippen LogP contribution in [0.4, 0.5) is 5.69 Å². The highest BCUT2D eigenvalue weighted by atomic mass is 35.5. The molecule has 2 aromatic rings. The van der Waals surface area contributed by atoms with Crippen molar-refractivity contribution in [1.29, 1.82) is 0 Å². The molecule has 0 fully saturated rings. The van der Waals surface area contributed by atoms with Crippen LogP contribution in [-0.2, 0) is 5.75 Å². The van der Waals surface area contributed by atoms with Gasteiger partial charge < -0.3 is 10.5 Å². The largest absolute Gasteiger partial charge is 0.496 e. The van der Waals surface area contributed by atoms with Crippen LogP contribution in [-0.4, -0.2) is 7.11 Å². The normalized spacial score (nSPS) is 10.5. The van der Waals surface area contributed by atoms with Crippen LogP contribution in [0.1, 0.15) is 5.56 Å². The first-order chi connectivity index (χ1) is 9.11. The highest BCUT2D eigenvalue weighted by Gasteiger charge is 2.08. The van der Waals surface area contributed by atoms with E-state index in [4.69, 9.17) is 33.7 Å². The van der Waals surface area contributed by atoms with E-state index in [0.717, 1.165) is 16.2 Å². The number of anilines is 1. The SMILES string of the molecule is COc1cccc(Cl)c1CSc1ccc(Cl)c(N)c1. The Balaban J connectivity index is 2.16. The average molecular weight is 314 g/mol. The van der Waals surface area contributed by atoms with E-state index in [9.17, 15) is 0 Å². The molecule has 100 valence electrons. The highest BCUT2D eigenvalue weighted by molar-refractivity contribution is 7.98. The lowest BCUT2D eigenvalue weighted by Crippen LogP contribution is -1.92. The molecular weight excluding hydrogens is 301 g/mol. The maximum Gasteiger partial charge on any atom is 0.124 e. The number of thioether (sulfide) groups is 1. The number of nitrogen functional groups attached to an aromatic ring is 1. The molecule has 2 rings (SSSR count). The van der Waals surface area contributed by atoms with Crippen molar-refractivity contribution >= 4 is 40.7 Å². The molecule has 19 heavy (non-hydrogen) atoms. The van der Waals surface area contributed by atoms with Crippen molar-refractivity contribution in [3.05, 3.63) is 52.0 Å². The van der Waals surface area contributed by atoms with Gasteiger partial charge in [0.05, 0.1) is 17.8 Å². The summed E-state index contributed by atoms with van der Waals surface area (Å²) in [7, 11) is 1.64. The van der Waals surface area contributed by atoms with Gasteiger partial charge in [-0.05, 0) is 30.3 Å². The molecule has 2 N–H and O–H groups in total. The van der Waals surface area contributed by atoms with Crippen LogP contribution in [0.2, 0.25) is 10.0 Å². The second-order valence-electron chi connectivity index (χ2n) is 3.89. The Hall–Kier alpha value is -1.03. The number of methoxy groups -OCH3 is 1. The first-order valence-electron chi connectivity index (χ1n) is 5.61. The zero-order valence-corrected chi connectivity index (χ0v) is 12.6. The fourth-order valence-corrected chi connectivity index (χ4v) is 3.05. The van der Waals surface area contributed by atoms with E-state index in [2.05, 4.69) is 0 Å². The van der Waals surface area contributed by atoms with Crippen molar-refractivity contribution in [2.24, 2.45) is 0 Å². The van der Waals surface area contributed by atoms with Crippen LogP contribution >= 0.6 is 35.0 Å². The number of hydrogen-bond acceptors (Lipinski definition) is 3. The topological polar surface area (TPSA) is 35.2 Å². The van der Waals surface area contributed by atoms with Gasteiger partial charge in [-0.1, -0.05) is 29.3 Å². The van der Waals surface area contributed by atoms with Crippen LogP contribution < -0.4 is 10.5 Å². The summed E-state index contributed by atoms with van der Waals surface area (Å²) < 4.78 is 5.31. The minimum absolute atomic E-state index is 0.569. The second-order valence-corrected chi connectivity index (χ2v) is 5.76. The summed E-state index contributed by atoms with van der Waals surface area (Å²) in [6.45, 7) is 0. The smallest absolute Gasteiger partial charge is 0.124 e. The summed E-state index contributed by atoms with van der Waals surface area (Å²) in [6.07, 6.45) is 0. The molecule has 0 aromatic heterocycles. The first kappa shape index (κ1) is 14.4. The van der Waals surface area contributed by atoms with Crippen LogP contribution in [0.15, 0.2) is 41.3 Å². The van der Waals surface area contributed by atoms with Gasteiger partial charge in [0.2, 0.25) is 0 Å². The standard InChI is InChI=1S/C14H13Cl2NOS/c1-18-14-4-2-3-11(15)10(14)8-19-9-5-6-12(16)13(17)7-9/h2-7H,8,17H2,1H3. The molecule has 0 saturated carbocycles. The summed E-state index contributed by atoms with van der Waals surface area (Å²) in [5.74, 6) is 1.51. The molecule has 0 radical (unpaired) electrons. The Bertz CT molecular complexity index is 590. The minimum atomic E-state index is 0.569. The number of nitrogens with two attached hydrogens (primary N) is 1. The third-order valence-corrected chi connectivity index (χ3v) is 4.37. The third kappa shape index (κ3) is 3.50. The average Bonchev–Trinajstić information content (AvgIpc) is 2.41. The quantitative estimate of drug-likeness (QED) is 0.645. The van der Waals surface area contributed by atoms with Gasteiger partial charge in [-0.15, -0.1) is 11.8 Å². The summed E-state index contributed by atoms with van der Waals surface area (Å²) in [6, 6.07) is 11.2. The predicted octanol–water partition coefficient (Wildman–Crippen LogP) is 4.88. The van der Waals surface area contributed by atoms with Gasteiger partial charge in [0.15, 0.2) is 0 Å². The van der Waals surface area contributed by atoms with E-state index in [-0.39, 0.29) is 0 Å². The maximum atomic E-state index is 6.19. The molecule has 2 aromatic carbocycles.